The summed E-state index contributed by atoms with van der Waals surface area (Å²) >= 11 is 0. The molecule has 0 fully saturated rings. The first-order valence-corrected chi connectivity index (χ1v) is 9.83. The normalized spacial score (nSPS) is 12.3. The number of aromatic nitrogens is 3. The van der Waals surface area contributed by atoms with Crippen molar-refractivity contribution in [3.63, 3.8) is 0 Å². The van der Waals surface area contributed by atoms with Crippen LogP contribution in [0, 0.1) is 12.2 Å². The Morgan fingerprint density at radius 1 is 0.857 bits per heavy atom. The molecule has 1 heterocycles. The van der Waals surface area contributed by atoms with Gasteiger partial charge in [0.1, 0.15) is 10.6 Å². The number of anilines is 2. The SMILES string of the molecule is O=S(=O)(O)c1cc(O)c2ccc(Nc3nc(F)nc(F)n3)c(S(=O)(=O)O)c2c1. The van der Waals surface area contributed by atoms with Gasteiger partial charge in [0.2, 0.25) is 5.95 Å². The number of fused-ring (bicyclic) bond motifs is 1. The van der Waals surface area contributed by atoms with Crippen molar-refractivity contribution in [3.05, 3.63) is 36.4 Å². The van der Waals surface area contributed by atoms with E-state index in [2.05, 4.69) is 20.3 Å². The molecule has 1 aromatic heterocycles. The Morgan fingerprint density at radius 3 is 2.00 bits per heavy atom. The lowest BCUT2D eigenvalue weighted by molar-refractivity contribution is 0.458. The number of nitrogens with zero attached hydrogens (tertiary/aromatic N) is 3. The van der Waals surface area contributed by atoms with E-state index in [1.54, 1.807) is 0 Å². The highest BCUT2D eigenvalue weighted by Gasteiger charge is 2.24. The minimum Gasteiger partial charge on any atom is -0.507 e. The smallest absolute Gasteiger partial charge is 0.315 e. The molecule has 4 N–H and O–H groups in total. The van der Waals surface area contributed by atoms with Crippen molar-refractivity contribution in [2.45, 2.75) is 9.79 Å². The number of aromatic hydroxyl groups is 1. The van der Waals surface area contributed by atoms with Gasteiger partial charge in [0.25, 0.3) is 20.2 Å². The minimum atomic E-state index is -5.09. The molecule has 0 saturated carbocycles. The Morgan fingerprint density at radius 2 is 1.46 bits per heavy atom. The molecule has 0 radical (unpaired) electrons. The maximum atomic E-state index is 13.1. The summed E-state index contributed by atoms with van der Waals surface area (Å²) in [5.41, 5.74) is -0.508. The molecule has 0 aliphatic carbocycles. The van der Waals surface area contributed by atoms with Crippen LogP contribution in [0.3, 0.4) is 0 Å². The second-order valence-electron chi connectivity index (χ2n) is 5.25. The van der Waals surface area contributed by atoms with Gasteiger partial charge in [-0.25, -0.2) is 0 Å². The maximum absolute atomic E-state index is 13.1. The van der Waals surface area contributed by atoms with Gasteiger partial charge in [-0.05, 0) is 18.2 Å². The third kappa shape index (κ3) is 3.81. The van der Waals surface area contributed by atoms with Crippen LogP contribution in [0.5, 0.6) is 5.75 Å². The maximum Gasteiger partial charge on any atom is 0.315 e. The van der Waals surface area contributed by atoms with Crippen LogP contribution < -0.4 is 5.32 Å². The molecule has 0 aliphatic heterocycles. The van der Waals surface area contributed by atoms with Crippen LogP contribution in [0.4, 0.5) is 20.4 Å². The number of hydrogen-bond donors (Lipinski definition) is 4. The van der Waals surface area contributed by atoms with Gasteiger partial charge in [0.05, 0.1) is 10.6 Å². The highest BCUT2D eigenvalue weighted by atomic mass is 32.2. The Labute approximate surface area is 155 Å². The highest BCUT2D eigenvalue weighted by molar-refractivity contribution is 7.86. The number of phenols is 1. The number of phenolic OH excluding ortho intramolecular Hbond substituents is 1. The van der Waals surface area contributed by atoms with Gasteiger partial charge >= 0.3 is 12.2 Å². The third-order valence-corrected chi connectivity index (χ3v) is 5.21. The number of halogens is 2. The molecule has 0 spiro atoms. The van der Waals surface area contributed by atoms with Crippen molar-refractivity contribution in [2.75, 3.05) is 5.32 Å². The van der Waals surface area contributed by atoms with Gasteiger partial charge in [0.15, 0.2) is 0 Å². The number of hydrogen-bond acceptors (Lipinski definition) is 9. The molecule has 2 aromatic carbocycles. The average Bonchev–Trinajstić information content (AvgIpc) is 2.51. The fraction of sp³-hybridized carbons (Fsp3) is 0. The summed E-state index contributed by atoms with van der Waals surface area (Å²) in [6, 6.07) is 3.45. The van der Waals surface area contributed by atoms with Crippen molar-refractivity contribution < 1.29 is 39.8 Å². The number of nitrogens with one attached hydrogen (secondary N) is 1. The zero-order valence-corrected chi connectivity index (χ0v) is 14.8. The van der Waals surface area contributed by atoms with Gasteiger partial charge in [-0.3, -0.25) is 9.11 Å². The molecule has 0 atom stereocenters. The quantitative estimate of drug-likeness (QED) is 0.434. The van der Waals surface area contributed by atoms with E-state index in [0.29, 0.717) is 12.1 Å². The lowest BCUT2D eigenvalue weighted by Crippen LogP contribution is -2.09. The molecule has 0 aliphatic rings. The van der Waals surface area contributed by atoms with Crippen LogP contribution in [0.15, 0.2) is 34.1 Å². The molecule has 3 aromatic rings. The topological polar surface area (TPSA) is 180 Å². The molecule has 15 heteroatoms. The van der Waals surface area contributed by atoms with Crippen molar-refractivity contribution in [3.8, 4) is 5.75 Å². The van der Waals surface area contributed by atoms with E-state index in [9.17, 15) is 35.3 Å². The number of rotatable bonds is 4. The molecule has 11 nitrogen and oxygen atoms in total. The summed E-state index contributed by atoms with van der Waals surface area (Å²) in [6.45, 7) is 0. The summed E-state index contributed by atoms with van der Waals surface area (Å²) in [4.78, 5) is 7.04. The van der Waals surface area contributed by atoms with Gasteiger partial charge < -0.3 is 10.4 Å². The minimum absolute atomic E-state index is 0.210. The fourth-order valence-electron chi connectivity index (χ4n) is 2.39. The monoisotopic (exact) mass is 434 g/mol. The Hall–Kier alpha value is -3.01. The van der Waals surface area contributed by atoms with Crippen LogP contribution in [0.1, 0.15) is 0 Å². The summed E-state index contributed by atoms with van der Waals surface area (Å²) in [6.07, 6.45) is -3.04. The van der Waals surface area contributed by atoms with Gasteiger partial charge in [-0.1, -0.05) is 0 Å². The fourth-order valence-corrected chi connectivity index (χ4v) is 3.76. The highest BCUT2D eigenvalue weighted by Crippen LogP contribution is 2.37. The van der Waals surface area contributed by atoms with E-state index in [4.69, 9.17) is 4.55 Å². The molecule has 28 heavy (non-hydrogen) atoms. The van der Waals surface area contributed by atoms with Crippen molar-refractivity contribution >= 4 is 42.6 Å². The van der Waals surface area contributed by atoms with Crippen LogP contribution in [0.25, 0.3) is 10.8 Å². The third-order valence-electron chi connectivity index (χ3n) is 3.42. The predicted molar refractivity (Wildman–Crippen MR) is 88.3 cm³/mol. The van der Waals surface area contributed by atoms with Crippen LogP contribution in [-0.2, 0) is 20.2 Å². The van der Waals surface area contributed by atoms with Gasteiger partial charge in [-0.15, -0.1) is 0 Å². The Kier molecular flexibility index (Phi) is 4.62. The molecule has 0 saturated heterocycles. The second-order valence-corrected chi connectivity index (χ2v) is 8.03. The van der Waals surface area contributed by atoms with E-state index >= 15 is 0 Å². The predicted octanol–water partition coefficient (Wildman–Crippen LogP) is 1.25. The average molecular weight is 434 g/mol. The Bertz CT molecular complexity index is 1310. The summed E-state index contributed by atoms with van der Waals surface area (Å²) < 4.78 is 91.4. The first-order valence-electron chi connectivity index (χ1n) is 6.95. The molecule has 0 bridgehead atoms. The summed E-state index contributed by atoms with van der Waals surface area (Å²) in [7, 11) is -9.94. The standard InChI is InChI=1S/C13H8F2N4O7S2/c14-11-17-12(15)19-13(18-11)16-8-2-1-6-7(10(8)28(24,25)26)3-5(4-9(6)20)27(21,22)23/h1-4,20H,(H,21,22,23)(H,24,25,26)(H,16,17,18,19). The van der Waals surface area contributed by atoms with Crippen LogP contribution in [0.2, 0.25) is 0 Å². The largest absolute Gasteiger partial charge is 0.507 e. The van der Waals surface area contributed by atoms with E-state index in [1.807, 2.05) is 0 Å². The van der Waals surface area contributed by atoms with Crippen molar-refractivity contribution in [1.82, 2.24) is 15.0 Å². The van der Waals surface area contributed by atoms with Gasteiger partial charge in [0, 0.05) is 16.8 Å². The van der Waals surface area contributed by atoms with E-state index < -0.39 is 65.0 Å². The van der Waals surface area contributed by atoms with Crippen molar-refractivity contribution in [1.29, 1.82) is 0 Å². The van der Waals surface area contributed by atoms with Crippen LogP contribution in [-0.4, -0.2) is 46.0 Å². The van der Waals surface area contributed by atoms with E-state index in [0.717, 1.165) is 12.1 Å². The zero-order valence-electron chi connectivity index (χ0n) is 13.2. The molecular weight excluding hydrogens is 426 g/mol. The molecule has 3 rings (SSSR count). The molecule has 148 valence electrons. The van der Waals surface area contributed by atoms with E-state index in [-0.39, 0.29) is 5.39 Å². The summed E-state index contributed by atoms with van der Waals surface area (Å²) in [5.74, 6) is -1.48. The molecule has 0 unspecified atom stereocenters. The van der Waals surface area contributed by atoms with Crippen molar-refractivity contribution in [2.24, 2.45) is 0 Å². The van der Waals surface area contributed by atoms with E-state index in [1.165, 1.54) is 0 Å². The lowest BCUT2D eigenvalue weighted by atomic mass is 10.1. The zero-order chi connectivity index (χ0) is 20.9. The summed E-state index contributed by atoms with van der Waals surface area (Å²) in [5, 5.41) is 11.4. The molecular formula is C13H8F2N4O7S2. The lowest BCUT2D eigenvalue weighted by Gasteiger charge is -2.13. The van der Waals surface area contributed by atoms with Crippen LogP contribution >= 0.6 is 0 Å². The Balaban J connectivity index is 2.35. The molecule has 0 amide bonds. The van der Waals surface area contributed by atoms with Gasteiger partial charge in [-0.2, -0.15) is 40.6 Å². The number of benzene rings is 2. The first-order chi connectivity index (χ1) is 12.9. The second kappa shape index (κ2) is 6.55. The first kappa shape index (κ1) is 19.7.